The Hall–Kier alpha value is -5.61. The minimum Gasteiger partial charge on any atom is -0.445 e. The third kappa shape index (κ3) is 6.66. The molecule has 2 aromatic heterocycles. The Morgan fingerprint density at radius 3 is 2.44 bits per heavy atom. The van der Waals surface area contributed by atoms with Crippen molar-refractivity contribution in [2.24, 2.45) is 5.73 Å². The van der Waals surface area contributed by atoms with Gasteiger partial charge in [-0.3, -0.25) is 14.5 Å². The van der Waals surface area contributed by atoms with Crippen molar-refractivity contribution in [3.8, 4) is 0 Å². The number of aromatic amines is 1. The number of rotatable bonds is 10. The number of nitrogens with two attached hydrogens (primary N) is 2. The van der Waals surface area contributed by atoms with Gasteiger partial charge in [-0.1, -0.05) is 72.8 Å². The fourth-order valence-corrected chi connectivity index (χ4v) is 6.28. The third-order valence-electron chi connectivity index (χ3n) is 7.60. The van der Waals surface area contributed by atoms with Gasteiger partial charge in [0.15, 0.2) is 0 Å². The quantitative estimate of drug-likeness (QED) is 0.131. The minimum absolute atomic E-state index is 0.0447. The van der Waals surface area contributed by atoms with Crippen molar-refractivity contribution in [3.63, 3.8) is 0 Å². The highest BCUT2D eigenvalue weighted by Gasteiger charge is 2.31. The predicted octanol–water partition coefficient (Wildman–Crippen LogP) is 6.45. The lowest BCUT2D eigenvalue weighted by atomic mass is 10.0. The molecule has 0 radical (unpaired) electrons. The van der Waals surface area contributed by atoms with Crippen LogP contribution in [0.25, 0.3) is 21.0 Å². The zero-order valence-electron chi connectivity index (χ0n) is 24.2. The fourth-order valence-electron chi connectivity index (χ4n) is 5.25. The number of anilines is 2. The molecule has 9 nitrogen and oxygen atoms in total. The molecule has 10 heteroatoms. The van der Waals surface area contributed by atoms with Gasteiger partial charge in [0.05, 0.1) is 16.3 Å². The molecule has 0 aliphatic carbocycles. The molecule has 0 spiro atoms. The molecule has 45 heavy (non-hydrogen) atoms. The van der Waals surface area contributed by atoms with E-state index in [1.165, 1.54) is 16.2 Å². The number of fused-ring (bicyclic) bond motifs is 2. The van der Waals surface area contributed by atoms with E-state index < -0.39 is 18.0 Å². The van der Waals surface area contributed by atoms with Crippen molar-refractivity contribution in [2.45, 2.75) is 25.6 Å². The maximum Gasteiger partial charge on any atom is 0.411 e. The lowest BCUT2D eigenvalue weighted by Gasteiger charge is -2.29. The Balaban J connectivity index is 1.27. The molecule has 0 bridgehead atoms. The molecule has 6 rings (SSSR count). The number of H-pyrrole nitrogens is 1. The number of para-hydroxylation sites is 3. The first kappa shape index (κ1) is 29.5. The van der Waals surface area contributed by atoms with Crippen molar-refractivity contribution < 1.29 is 19.1 Å². The van der Waals surface area contributed by atoms with Gasteiger partial charge in [-0.2, -0.15) is 0 Å². The van der Waals surface area contributed by atoms with Crippen molar-refractivity contribution in [1.82, 2.24) is 9.88 Å². The van der Waals surface area contributed by atoms with E-state index in [0.29, 0.717) is 16.3 Å². The number of carbonyl (C=O) groups excluding carboxylic acids is 3. The standard InChI is InChI=1S/C35H31N5O4S/c36-27-11-5-7-13-29(27)39-34(42)32-18-24-15-14-23(16-31(24)45-32)20-40(35(43)44-21-22-8-2-1-3-9-22)30(33(37)41)17-25-19-38-28-12-6-4-10-26(25)28/h1-16,18-19,30,38H,17,20-21,36H2,(H2,37,41)(H,39,42)/t30-/m0/s1. The van der Waals surface area contributed by atoms with Crippen LogP contribution in [0.1, 0.15) is 26.4 Å². The van der Waals surface area contributed by atoms with Crippen LogP contribution in [-0.2, 0) is 29.1 Å². The van der Waals surface area contributed by atoms with Gasteiger partial charge in [-0.05, 0) is 52.4 Å². The Kier molecular flexibility index (Phi) is 8.47. The van der Waals surface area contributed by atoms with Gasteiger partial charge in [-0.15, -0.1) is 11.3 Å². The smallest absolute Gasteiger partial charge is 0.411 e. The molecule has 4 aromatic carbocycles. The van der Waals surface area contributed by atoms with Gasteiger partial charge < -0.3 is 26.5 Å². The molecule has 226 valence electrons. The molecule has 2 heterocycles. The number of carbonyl (C=O) groups is 3. The van der Waals surface area contributed by atoms with E-state index in [4.69, 9.17) is 16.2 Å². The summed E-state index contributed by atoms with van der Waals surface area (Å²) in [6.45, 7) is 0.114. The number of hydrogen-bond donors (Lipinski definition) is 4. The van der Waals surface area contributed by atoms with Crippen LogP contribution < -0.4 is 16.8 Å². The number of nitrogens with zero attached hydrogens (tertiary/aromatic N) is 1. The molecule has 0 saturated carbocycles. The normalized spacial score (nSPS) is 11.7. The molecular weight excluding hydrogens is 586 g/mol. The summed E-state index contributed by atoms with van der Waals surface area (Å²) in [5, 5.41) is 4.68. The van der Waals surface area contributed by atoms with Gasteiger partial charge in [0.25, 0.3) is 5.91 Å². The Labute approximate surface area is 263 Å². The monoisotopic (exact) mass is 617 g/mol. The van der Waals surface area contributed by atoms with Crippen molar-refractivity contribution >= 4 is 61.6 Å². The second-order valence-electron chi connectivity index (χ2n) is 10.7. The van der Waals surface area contributed by atoms with Gasteiger partial charge in [-0.25, -0.2) is 4.79 Å². The van der Waals surface area contributed by atoms with E-state index in [1.807, 2.05) is 85.1 Å². The lowest BCUT2D eigenvalue weighted by molar-refractivity contribution is -0.123. The van der Waals surface area contributed by atoms with Gasteiger partial charge in [0.2, 0.25) is 5.91 Å². The molecule has 3 amide bonds. The second-order valence-corrected chi connectivity index (χ2v) is 11.8. The van der Waals surface area contributed by atoms with Crippen molar-refractivity contribution in [1.29, 1.82) is 0 Å². The molecule has 0 aliphatic rings. The molecule has 0 aliphatic heterocycles. The minimum atomic E-state index is -0.982. The van der Waals surface area contributed by atoms with Crippen LogP contribution in [0.4, 0.5) is 16.2 Å². The molecule has 0 unspecified atom stereocenters. The number of aromatic nitrogens is 1. The number of nitrogen functional groups attached to an aromatic ring is 1. The van der Waals surface area contributed by atoms with Crippen LogP contribution in [0, 0.1) is 0 Å². The van der Waals surface area contributed by atoms with E-state index in [1.54, 1.807) is 24.3 Å². The van der Waals surface area contributed by atoms with E-state index in [9.17, 15) is 14.4 Å². The maximum atomic E-state index is 13.6. The number of benzene rings is 4. The third-order valence-corrected chi connectivity index (χ3v) is 8.70. The number of primary amides is 1. The molecule has 0 fully saturated rings. The van der Waals surface area contributed by atoms with Crippen LogP contribution >= 0.6 is 11.3 Å². The highest BCUT2D eigenvalue weighted by Crippen LogP contribution is 2.29. The topological polar surface area (TPSA) is 144 Å². The van der Waals surface area contributed by atoms with Crippen LogP contribution in [-0.4, -0.2) is 33.8 Å². The Bertz CT molecular complexity index is 2000. The zero-order valence-corrected chi connectivity index (χ0v) is 25.1. The summed E-state index contributed by atoms with van der Waals surface area (Å²) < 4.78 is 6.55. The number of thiophene rings is 1. The first-order valence-corrected chi connectivity index (χ1v) is 15.2. The summed E-state index contributed by atoms with van der Waals surface area (Å²) >= 11 is 1.32. The number of ether oxygens (including phenoxy) is 1. The van der Waals surface area contributed by atoms with Crippen LogP contribution in [0.2, 0.25) is 0 Å². The van der Waals surface area contributed by atoms with E-state index in [0.717, 1.165) is 37.7 Å². The van der Waals surface area contributed by atoms with E-state index in [-0.39, 0.29) is 25.5 Å². The van der Waals surface area contributed by atoms with Crippen LogP contribution in [0.15, 0.2) is 109 Å². The van der Waals surface area contributed by atoms with Gasteiger partial charge >= 0.3 is 6.09 Å². The van der Waals surface area contributed by atoms with Crippen molar-refractivity contribution in [3.05, 3.63) is 131 Å². The highest BCUT2D eigenvalue weighted by atomic mass is 32.1. The molecule has 6 aromatic rings. The fraction of sp³-hybridized carbons (Fsp3) is 0.114. The van der Waals surface area contributed by atoms with Gasteiger partial charge in [0.1, 0.15) is 12.6 Å². The summed E-state index contributed by atoms with van der Waals surface area (Å²) in [4.78, 5) is 44.7. The summed E-state index contributed by atoms with van der Waals surface area (Å²) in [6, 6.07) is 30.7. The number of hydrogen-bond acceptors (Lipinski definition) is 6. The maximum absolute atomic E-state index is 13.6. The number of amides is 3. The second kappa shape index (κ2) is 12.9. The molecular formula is C35H31N5O4S. The average Bonchev–Trinajstić information content (AvgIpc) is 3.67. The average molecular weight is 618 g/mol. The first-order valence-electron chi connectivity index (χ1n) is 14.4. The molecule has 1 atom stereocenters. The van der Waals surface area contributed by atoms with Crippen LogP contribution in [0.3, 0.4) is 0 Å². The van der Waals surface area contributed by atoms with Crippen molar-refractivity contribution in [2.75, 3.05) is 11.1 Å². The SMILES string of the molecule is NC(=O)[C@H](Cc1c[nH]c2ccccc12)N(Cc1ccc2cc(C(=O)Nc3ccccc3N)sc2c1)C(=O)OCc1ccccc1. The summed E-state index contributed by atoms with van der Waals surface area (Å²) in [5.41, 5.74) is 16.3. The Morgan fingerprint density at radius 1 is 0.889 bits per heavy atom. The predicted molar refractivity (Wildman–Crippen MR) is 178 cm³/mol. The van der Waals surface area contributed by atoms with E-state index >= 15 is 0 Å². The number of nitrogens with one attached hydrogen (secondary N) is 2. The highest BCUT2D eigenvalue weighted by molar-refractivity contribution is 7.20. The Morgan fingerprint density at radius 2 is 1.64 bits per heavy atom. The lowest BCUT2D eigenvalue weighted by Crippen LogP contribution is -2.49. The van der Waals surface area contributed by atoms with Crippen LogP contribution in [0.5, 0.6) is 0 Å². The summed E-state index contributed by atoms with van der Waals surface area (Å²) in [5.74, 6) is -0.914. The molecule has 0 saturated heterocycles. The first-order chi connectivity index (χ1) is 21.9. The zero-order chi connectivity index (χ0) is 31.3. The van der Waals surface area contributed by atoms with E-state index in [2.05, 4.69) is 10.3 Å². The summed E-state index contributed by atoms with van der Waals surface area (Å²) in [7, 11) is 0. The largest absolute Gasteiger partial charge is 0.445 e. The van der Waals surface area contributed by atoms with Gasteiger partial charge in [0, 0.05) is 34.8 Å². The summed E-state index contributed by atoms with van der Waals surface area (Å²) in [6.07, 6.45) is 1.38. The molecule has 6 N–H and O–H groups in total.